The number of aliphatic hydroxyl groups excluding tert-OH is 1. The summed E-state index contributed by atoms with van der Waals surface area (Å²) < 4.78 is 12.7. The van der Waals surface area contributed by atoms with E-state index in [-0.39, 0.29) is 11.4 Å². The van der Waals surface area contributed by atoms with Gasteiger partial charge in [0.2, 0.25) is 11.8 Å². The highest BCUT2D eigenvalue weighted by atomic mass is 16.8. The monoisotopic (exact) mass is 444 g/mol. The van der Waals surface area contributed by atoms with E-state index in [0.717, 1.165) is 5.56 Å². The van der Waals surface area contributed by atoms with Gasteiger partial charge in [-0.2, -0.15) is 4.57 Å². The fourth-order valence-corrected chi connectivity index (χ4v) is 4.04. The maximum absolute atomic E-state index is 13.9. The van der Waals surface area contributed by atoms with Gasteiger partial charge in [0.15, 0.2) is 12.4 Å². The molecule has 0 fully saturated rings. The highest BCUT2D eigenvalue weighted by Crippen LogP contribution is 2.40. The summed E-state index contributed by atoms with van der Waals surface area (Å²) in [7, 11) is 0. The zero-order chi connectivity index (χ0) is 23.6. The number of aliphatic hydroxyl groups is 1. The molecule has 0 saturated carbocycles. The molecule has 0 bridgehead atoms. The molecule has 33 heavy (non-hydrogen) atoms. The number of hydrogen-bond donors (Lipinski definition) is 1. The number of carbonyl (C=O) groups is 2. The van der Waals surface area contributed by atoms with Gasteiger partial charge in [0.1, 0.15) is 5.57 Å². The normalized spacial score (nSPS) is 17.0. The van der Waals surface area contributed by atoms with E-state index in [1.807, 2.05) is 55.5 Å². The fraction of sp³-hybridized carbons (Fsp3) is 0.222. The van der Waals surface area contributed by atoms with Crippen molar-refractivity contribution in [3.05, 3.63) is 113 Å². The first-order valence-electron chi connectivity index (χ1n) is 10.7. The number of aryl methyl sites for hydroxylation is 1. The largest absolute Gasteiger partial charge is 0.480 e. The second-order valence-corrected chi connectivity index (χ2v) is 8.50. The van der Waals surface area contributed by atoms with Crippen LogP contribution in [0.4, 0.5) is 0 Å². The Morgan fingerprint density at radius 1 is 0.909 bits per heavy atom. The van der Waals surface area contributed by atoms with Gasteiger partial charge in [0, 0.05) is 31.5 Å². The SMILES string of the molecule is Cc1ccc(C(C2=C(O)OC(C)(C)OC2=O)C(C(=O)c2ccccc2)[n+]2ccccc2)cc1. The summed E-state index contributed by atoms with van der Waals surface area (Å²) in [6.07, 6.45) is 3.53. The number of hydrogen-bond acceptors (Lipinski definition) is 5. The van der Waals surface area contributed by atoms with E-state index in [4.69, 9.17) is 9.47 Å². The van der Waals surface area contributed by atoms with Gasteiger partial charge in [-0.3, -0.25) is 4.79 Å². The van der Waals surface area contributed by atoms with Crippen molar-refractivity contribution in [3.8, 4) is 0 Å². The Morgan fingerprint density at radius 3 is 2.12 bits per heavy atom. The molecule has 2 aromatic carbocycles. The lowest BCUT2D eigenvalue weighted by atomic mass is 9.80. The predicted octanol–water partition coefficient (Wildman–Crippen LogP) is 4.57. The van der Waals surface area contributed by atoms with Gasteiger partial charge in [-0.25, -0.2) is 4.79 Å². The summed E-state index contributed by atoms with van der Waals surface area (Å²) >= 11 is 0. The number of benzene rings is 2. The van der Waals surface area contributed by atoms with E-state index < -0.39 is 29.7 Å². The van der Waals surface area contributed by atoms with Crippen LogP contribution in [0.15, 0.2) is 96.7 Å². The number of rotatable bonds is 6. The second kappa shape index (κ2) is 8.90. The topological polar surface area (TPSA) is 76.7 Å². The Bertz CT molecular complexity index is 1180. The van der Waals surface area contributed by atoms with E-state index in [1.165, 1.54) is 13.8 Å². The molecule has 4 rings (SSSR count). The van der Waals surface area contributed by atoms with Gasteiger partial charge in [-0.1, -0.05) is 66.2 Å². The molecule has 2 heterocycles. The van der Waals surface area contributed by atoms with Crippen molar-refractivity contribution in [1.82, 2.24) is 0 Å². The molecule has 0 aliphatic carbocycles. The van der Waals surface area contributed by atoms with Crippen LogP contribution in [-0.4, -0.2) is 22.6 Å². The summed E-state index contributed by atoms with van der Waals surface area (Å²) in [5.74, 6) is -3.66. The minimum Gasteiger partial charge on any atom is -0.480 e. The Kier molecular flexibility index (Phi) is 6.01. The minimum atomic E-state index is -1.32. The molecule has 0 amide bonds. The zero-order valence-corrected chi connectivity index (χ0v) is 18.8. The smallest absolute Gasteiger partial charge is 0.345 e. The number of esters is 1. The highest BCUT2D eigenvalue weighted by molar-refractivity contribution is 6.01. The Labute approximate surface area is 192 Å². The van der Waals surface area contributed by atoms with Crippen LogP contribution in [0.1, 0.15) is 47.3 Å². The molecule has 3 aromatic rings. The maximum Gasteiger partial charge on any atom is 0.345 e. The predicted molar refractivity (Wildman–Crippen MR) is 121 cm³/mol. The second-order valence-electron chi connectivity index (χ2n) is 8.50. The van der Waals surface area contributed by atoms with Crippen LogP contribution in [0.2, 0.25) is 0 Å². The summed E-state index contributed by atoms with van der Waals surface area (Å²) in [6, 6.07) is 21.0. The molecule has 2 atom stereocenters. The standard InChI is InChI=1S/C27H25NO5/c1-18-12-14-19(15-13-18)21(22-25(30)32-27(2,3)33-26(22)31)23(28-16-8-5-9-17-28)24(29)20-10-6-4-7-11-20/h4-17,21,23H,1-3H3/p+1. The lowest BCUT2D eigenvalue weighted by molar-refractivity contribution is -0.710. The van der Waals surface area contributed by atoms with Gasteiger partial charge >= 0.3 is 5.97 Å². The van der Waals surface area contributed by atoms with E-state index in [9.17, 15) is 14.7 Å². The number of ether oxygens (including phenoxy) is 2. The third kappa shape index (κ3) is 4.65. The van der Waals surface area contributed by atoms with Crippen molar-refractivity contribution in [2.24, 2.45) is 0 Å². The van der Waals surface area contributed by atoms with Gasteiger partial charge in [-0.15, -0.1) is 0 Å². The Hall–Kier alpha value is -3.93. The molecular weight excluding hydrogens is 418 g/mol. The van der Waals surface area contributed by atoms with Crippen LogP contribution in [0.25, 0.3) is 0 Å². The van der Waals surface area contributed by atoms with Crippen LogP contribution in [0.5, 0.6) is 0 Å². The maximum atomic E-state index is 13.9. The number of pyridine rings is 1. The van der Waals surface area contributed by atoms with Crippen molar-refractivity contribution >= 4 is 11.8 Å². The van der Waals surface area contributed by atoms with E-state index in [2.05, 4.69) is 0 Å². The Balaban J connectivity index is 1.96. The molecular formula is C27H26NO5+. The zero-order valence-electron chi connectivity index (χ0n) is 18.8. The quantitative estimate of drug-likeness (QED) is 0.342. The number of ketones is 1. The van der Waals surface area contributed by atoms with Gasteiger partial charge in [0.25, 0.3) is 11.7 Å². The highest BCUT2D eigenvalue weighted by Gasteiger charge is 2.48. The lowest BCUT2D eigenvalue weighted by Crippen LogP contribution is -2.49. The molecule has 0 spiro atoms. The van der Waals surface area contributed by atoms with Crippen molar-refractivity contribution in [3.63, 3.8) is 0 Å². The summed E-state index contributed by atoms with van der Waals surface area (Å²) in [4.78, 5) is 27.0. The van der Waals surface area contributed by atoms with Gasteiger partial charge < -0.3 is 14.6 Å². The van der Waals surface area contributed by atoms with E-state index in [1.54, 1.807) is 41.2 Å². The summed E-state index contributed by atoms with van der Waals surface area (Å²) in [6.45, 7) is 5.03. The molecule has 1 aliphatic heterocycles. The first-order chi connectivity index (χ1) is 15.8. The van der Waals surface area contributed by atoms with Gasteiger partial charge in [0.05, 0.1) is 5.92 Å². The van der Waals surface area contributed by atoms with Crippen LogP contribution >= 0.6 is 0 Å². The van der Waals surface area contributed by atoms with Crippen LogP contribution in [0.3, 0.4) is 0 Å². The number of carbonyl (C=O) groups excluding carboxylic acids is 2. The third-order valence-electron chi connectivity index (χ3n) is 5.58. The van der Waals surface area contributed by atoms with Crippen LogP contribution < -0.4 is 4.57 Å². The first-order valence-corrected chi connectivity index (χ1v) is 10.7. The third-order valence-corrected chi connectivity index (χ3v) is 5.58. The number of aromatic nitrogens is 1. The molecule has 6 heteroatoms. The average molecular weight is 445 g/mol. The molecule has 0 radical (unpaired) electrons. The van der Waals surface area contributed by atoms with Crippen molar-refractivity contribution in [2.75, 3.05) is 0 Å². The van der Waals surface area contributed by atoms with Crippen LogP contribution in [0, 0.1) is 6.92 Å². The fourth-order valence-electron chi connectivity index (χ4n) is 4.04. The Morgan fingerprint density at radius 2 is 1.52 bits per heavy atom. The first kappa shape index (κ1) is 22.3. The van der Waals surface area contributed by atoms with Gasteiger partial charge in [-0.05, 0) is 12.5 Å². The van der Waals surface area contributed by atoms with Crippen molar-refractivity contribution < 1.29 is 28.7 Å². The van der Waals surface area contributed by atoms with E-state index in [0.29, 0.717) is 11.1 Å². The molecule has 1 aliphatic rings. The molecule has 0 saturated heterocycles. The number of cyclic esters (lactones) is 1. The lowest BCUT2D eigenvalue weighted by Gasteiger charge is -2.34. The van der Waals surface area contributed by atoms with E-state index >= 15 is 0 Å². The minimum absolute atomic E-state index is 0.0937. The average Bonchev–Trinajstić information content (AvgIpc) is 2.79. The molecule has 2 unspecified atom stereocenters. The molecule has 1 N–H and O–H groups in total. The number of Topliss-reactive ketones (excluding diaryl/α,β-unsaturated/α-hetero) is 1. The van der Waals surface area contributed by atoms with Crippen molar-refractivity contribution in [1.29, 1.82) is 0 Å². The summed E-state index contributed by atoms with van der Waals surface area (Å²) in [5.41, 5.74) is 2.09. The molecule has 1 aromatic heterocycles. The summed E-state index contributed by atoms with van der Waals surface area (Å²) in [5, 5.41) is 10.8. The number of nitrogens with zero attached hydrogens (tertiary/aromatic N) is 1. The molecule has 168 valence electrons. The molecule has 6 nitrogen and oxygen atoms in total. The van der Waals surface area contributed by atoms with Crippen LogP contribution in [-0.2, 0) is 14.3 Å². The van der Waals surface area contributed by atoms with Crippen molar-refractivity contribution in [2.45, 2.75) is 38.5 Å².